The molecule has 0 bridgehead atoms. The molecular weight excluding hydrogens is 502 g/mol. The highest BCUT2D eigenvalue weighted by molar-refractivity contribution is 5.86. The first kappa shape index (κ1) is 25.1. The molecule has 2 aromatic heterocycles. The van der Waals surface area contributed by atoms with Gasteiger partial charge < -0.3 is 19.8 Å². The molecule has 0 unspecified atom stereocenters. The third kappa shape index (κ3) is 5.39. The molecule has 5 aromatic rings. The first-order valence-corrected chi connectivity index (χ1v) is 11.7. The molecule has 0 aliphatic carbocycles. The first-order chi connectivity index (χ1) is 18.2. The smallest absolute Gasteiger partial charge is 0.420 e. The third-order valence-electron chi connectivity index (χ3n) is 6.04. The molecular formula is C28H21F4N3O3. The molecule has 0 fully saturated rings. The van der Waals surface area contributed by atoms with Gasteiger partial charge in [-0.25, -0.2) is 9.37 Å². The Balaban J connectivity index is 1.39. The summed E-state index contributed by atoms with van der Waals surface area (Å²) in [4.78, 5) is 20.9. The Morgan fingerprint density at radius 3 is 2.63 bits per heavy atom. The summed E-state index contributed by atoms with van der Waals surface area (Å²) in [6, 6.07) is 15.2. The highest BCUT2D eigenvalue weighted by Gasteiger charge is 2.37. The molecule has 3 aromatic carbocycles. The van der Waals surface area contributed by atoms with Crippen LogP contribution in [0.2, 0.25) is 0 Å². The minimum absolute atomic E-state index is 0.0193. The highest BCUT2D eigenvalue weighted by Crippen LogP contribution is 2.43. The molecule has 5 rings (SSSR count). The number of aliphatic carboxylic acids is 1. The number of halogens is 4. The summed E-state index contributed by atoms with van der Waals surface area (Å²) < 4.78 is 61.9. The third-order valence-corrected chi connectivity index (χ3v) is 6.04. The number of rotatable bonds is 8. The van der Waals surface area contributed by atoms with Crippen LogP contribution in [0, 0.1) is 5.82 Å². The molecule has 3 N–H and O–H groups in total. The number of alkyl halides is 3. The largest absolute Gasteiger partial charge is 0.481 e. The Bertz CT molecular complexity index is 1620. The van der Waals surface area contributed by atoms with Crippen LogP contribution in [0.4, 0.5) is 17.6 Å². The molecule has 10 heteroatoms. The zero-order valence-electron chi connectivity index (χ0n) is 19.8. The number of aromatic nitrogens is 3. The fourth-order valence-electron chi connectivity index (χ4n) is 4.32. The van der Waals surface area contributed by atoms with E-state index in [1.165, 1.54) is 36.5 Å². The summed E-state index contributed by atoms with van der Waals surface area (Å²) in [6.07, 6.45) is -0.826. The Morgan fingerprint density at radius 1 is 1.03 bits per heavy atom. The molecule has 0 saturated carbocycles. The molecule has 0 atom stereocenters. The second-order valence-electron chi connectivity index (χ2n) is 8.77. The number of nitrogens with one attached hydrogen (secondary N) is 2. The van der Waals surface area contributed by atoms with Crippen molar-refractivity contribution in [2.75, 3.05) is 0 Å². The lowest BCUT2D eigenvalue weighted by Gasteiger charge is -2.15. The SMILES string of the molecule is O=C(O)CCc1cccc(Cc2cnc(-c3cc(Oc4ccc5[nH]ccc5c4C(F)(F)F)ccc3F)[nH]2)c1. The fourth-order valence-corrected chi connectivity index (χ4v) is 4.32. The summed E-state index contributed by atoms with van der Waals surface area (Å²) in [6.45, 7) is 0. The molecule has 0 radical (unpaired) electrons. The number of ether oxygens (including phenoxy) is 1. The zero-order chi connectivity index (χ0) is 26.9. The lowest BCUT2D eigenvalue weighted by Crippen LogP contribution is -2.08. The number of benzene rings is 3. The van der Waals surface area contributed by atoms with E-state index in [4.69, 9.17) is 9.84 Å². The highest BCUT2D eigenvalue weighted by atomic mass is 19.4. The molecule has 0 amide bonds. The minimum atomic E-state index is -4.67. The van der Waals surface area contributed by atoms with Crippen molar-refractivity contribution in [2.24, 2.45) is 0 Å². The van der Waals surface area contributed by atoms with Gasteiger partial charge in [-0.2, -0.15) is 13.2 Å². The summed E-state index contributed by atoms with van der Waals surface area (Å²) >= 11 is 0. The number of hydrogen-bond acceptors (Lipinski definition) is 3. The standard InChI is InChI=1S/C28H21F4N3O3/c29-22-6-5-19(38-24-8-7-23-20(10-11-33-23)26(24)28(30,31)32)14-21(22)27-34-15-18(35-27)13-17-3-1-2-16(12-17)4-9-25(36)37/h1-3,5-8,10-12,14-15,33H,4,9,13H2,(H,34,35)(H,36,37). The number of aryl methyl sites for hydroxylation is 1. The van der Waals surface area contributed by atoms with Gasteiger partial charge >= 0.3 is 12.1 Å². The van der Waals surface area contributed by atoms with Crippen molar-refractivity contribution in [1.29, 1.82) is 0 Å². The van der Waals surface area contributed by atoms with Gasteiger partial charge in [-0.15, -0.1) is 0 Å². The fraction of sp³-hybridized carbons (Fsp3) is 0.143. The van der Waals surface area contributed by atoms with Crippen molar-refractivity contribution in [2.45, 2.75) is 25.4 Å². The molecule has 0 saturated heterocycles. The van der Waals surface area contributed by atoms with Gasteiger partial charge in [0.1, 0.15) is 28.7 Å². The maximum atomic E-state index is 14.7. The molecule has 38 heavy (non-hydrogen) atoms. The van der Waals surface area contributed by atoms with Crippen LogP contribution in [-0.2, 0) is 23.8 Å². The monoisotopic (exact) mass is 523 g/mol. The first-order valence-electron chi connectivity index (χ1n) is 11.7. The lowest BCUT2D eigenvalue weighted by atomic mass is 10.0. The average molecular weight is 523 g/mol. The van der Waals surface area contributed by atoms with Crippen molar-refractivity contribution in [3.63, 3.8) is 0 Å². The predicted octanol–water partition coefficient (Wildman–Crippen LogP) is 7.12. The summed E-state index contributed by atoms with van der Waals surface area (Å²) in [5.41, 5.74) is 1.92. The van der Waals surface area contributed by atoms with Crippen LogP contribution in [-0.4, -0.2) is 26.0 Å². The number of carboxylic acid groups (broad SMARTS) is 1. The molecule has 6 nitrogen and oxygen atoms in total. The van der Waals surface area contributed by atoms with Gasteiger partial charge in [-0.3, -0.25) is 4.79 Å². The van der Waals surface area contributed by atoms with E-state index >= 15 is 0 Å². The van der Waals surface area contributed by atoms with E-state index in [1.54, 1.807) is 6.20 Å². The quantitative estimate of drug-likeness (QED) is 0.189. The number of fused-ring (bicyclic) bond motifs is 1. The number of carbonyl (C=O) groups is 1. The summed E-state index contributed by atoms with van der Waals surface area (Å²) in [7, 11) is 0. The van der Waals surface area contributed by atoms with E-state index < -0.39 is 29.3 Å². The topological polar surface area (TPSA) is 91.0 Å². The average Bonchev–Trinajstić information content (AvgIpc) is 3.53. The van der Waals surface area contributed by atoms with Crippen molar-refractivity contribution in [3.8, 4) is 22.9 Å². The predicted molar refractivity (Wildman–Crippen MR) is 133 cm³/mol. The van der Waals surface area contributed by atoms with Crippen molar-refractivity contribution < 1.29 is 32.2 Å². The van der Waals surface area contributed by atoms with Crippen LogP contribution in [0.5, 0.6) is 11.5 Å². The minimum Gasteiger partial charge on any atom is -0.481 e. The maximum absolute atomic E-state index is 14.7. The van der Waals surface area contributed by atoms with E-state index in [1.807, 2.05) is 24.3 Å². The van der Waals surface area contributed by atoms with E-state index in [0.717, 1.165) is 17.2 Å². The van der Waals surface area contributed by atoms with Crippen molar-refractivity contribution in [1.82, 2.24) is 15.0 Å². The number of carboxylic acids is 1. The Morgan fingerprint density at radius 2 is 1.84 bits per heavy atom. The van der Waals surface area contributed by atoms with Crippen LogP contribution < -0.4 is 4.74 Å². The van der Waals surface area contributed by atoms with Crippen LogP contribution >= 0.6 is 0 Å². The number of aromatic amines is 2. The molecule has 2 heterocycles. The van der Waals surface area contributed by atoms with Gasteiger partial charge in [0.15, 0.2) is 0 Å². The lowest BCUT2D eigenvalue weighted by molar-refractivity contribution is -0.138. The van der Waals surface area contributed by atoms with Crippen molar-refractivity contribution >= 4 is 16.9 Å². The number of nitrogens with zero attached hydrogens (tertiary/aromatic N) is 1. The number of hydrogen-bond donors (Lipinski definition) is 3. The van der Waals surface area contributed by atoms with Gasteiger partial charge in [0.05, 0.1) is 5.56 Å². The summed E-state index contributed by atoms with van der Waals surface area (Å²) in [5, 5.41) is 8.87. The number of imidazole rings is 1. The number of H-pyrrole nitrogens is 2. The van der Waals surface area contributed by atoms with Crippen LogP contribution in [0.1, 0.15) is 28.8 Å². The Kier molecular flexibility index (Phi) is 6.62. The summed E-state index contributed by atoms with van der Waals surface area (Å²) in [5.74, 6) is -1.68. The normalized spacial score (nSPS) is 11.7. The van der Waals surface area contributed by atoms with Gasteiger partial charge in [0.25, 0.3) is 0 Å². The molecule has 0 spiro atoms. The van der Waals surface area contributed by atoms with Crippen LogP contribution in [0.15, 0.2) is 73.1 Å². The second kappa shape index (κ2) is 10.0. The van der Waals surface area contributed by atoms with E-state index in [9.17, 15) is 22.4 Å². The van der Waals surface area contributed by atoms with Crippen LogP contribution in [0.3, 0.4) is 0 Å². The van der Waals surface area contributed by atoms with Gasteiger partial charge in [0.2, 0.25) is 0 Å². The van der Waals surface area contributed by atoms with Gasteiger partial charge in [0, 0.05) is 41.8 Å². The van der Waals surface area contributed by atoms with Gasteiger partial charge in [-0.1, -0.05) is 24.3 Å². The van der Waals surface area contributed by atoms with Gasteiger partial charge in [-0.05, 0) is 53.9 Å². The van der Waals surface area contributed by atoms with E-state index in [2.05, 4.69) is 15.0 Å². The molecule has 194 valence electrons. The maximum Gasteiger partial charge on any atom is 0.420 e. The van der Waals surface area contributed by atoms with Crippen molar-refractivity contribution in [3.05, 3.63) is 101 Å². The molecule has 0 aliphatic heterocycles. The Hall–Kier alpha value is -4.60. The van der Waals surface area contributed by atoms with E-state index in [-0.39, 0.29) is 28.9 Å². The second-order valence-corrected chi connectivity index (χ2v) is 8.77. The Labute approximate surface area is 213 Å². The molecule has 0 aliphatic rings. The van der Waals surface area contributed by atoms with Crippen LogP contribution in [0.25, 0.3) is 22.3 Å². The zero-order valence-corrected chi connectivity index (χ0v) is 19.8. The van der Waals surface area contributed by atoms with E-state index in [0.29, 0.717) is 24.1 Å².